The van der Waals surface area contributed by atoms with Gasteiger partial charge in [-0.05, 0) is 78.8 Å². The molecule has 0 N–H and O–H groups in total. The summed E-state index contributed by atoms with van der Waals surface area (Å²) in [5, 5.41) is 4.01. The van der Waals surface area contributed by atoms with E-state index in [1.807, 2.05) is 0 Å². The van der Waals surface area contributed by atoms with Crippen molar-refractivity contribution in [3.63, 3.8) is 0 Å². The highest BCUT2D eigenvalue weighted by Gasteiger charge is 2.30. The van der Waals surface area contributed by atoms with Crippen molar-refractivity contribution in [2.75, 3.05) is 0 Å². The molecule has 9 rings (SSSR count). The molecule has 2 aliphatic carbocycles. The van der Waals surface area contributed by atoms with Crippen LogP contribution in [-0.2, 0) is 0 Å². The Morgan fingerprint density at radius 1 is 0.545 bits per heavy atom. The summed E-state index contributed by atoms with van der Waals surface area (Å²) in [6.07, 6.45) is 14.0. The van der Waals surface area contributed by atoms with Crippen LogP contribution in [0.4, 0.5) is 0 Å². The second-order valence-corrected chi connectivity index (χ2v) is 12.4. The number of para-hydroxylation sites is 2. The van der Waals surface area contributed by atoms with Gasteiger partial charge in [0.2, 0.25) is 0 Å². The van der Waals surface area contributed by atoms with Crippen LogP contribution in [0.2, 0.25) is 0 Å². The second-order valence-electron chi connectivity index (χ2n) is 12.4. The minimum Gasteiger partial charge on any atom is -0.340 e. The summed E-state index contributed by atoms with van der Waals surface area (Å²) in [4.78, 5) is 0. The Balaban J connectivity index is 1.20. The molecule has 0 spiro atoms. The van der Waals surface area contributed by atoms with Gasteiger partial charge in [0.1, 0.15) is 0 Å². The Hall–Kier alpha value is -5.08. The molecule has 0 saturated heterocycles. The first kappa shape index (κ1) is 25.4. The quantitative estimate of drug-likeness (QED) is 0.188. The third kappa shape index (κ3) is 3.94. The summed E-state index contributed by atoms with van der Waals surface area (Å²) < 4.78 is 5.14. The molecule has 2 aliphatic rings. The van der Waals surface area contributed by atoms with E-state index in [2.05, 4.69) is 155 Å². The average Bonchev–Trinajstić information content (AvgIpc) is 3.62. The summed E-state index contributed by atoms with van der Waals surface area (Å²) in [6, 6.07) is 45.3. The van der Waals surface area contributed by atoms with Crippen LogP contribution < -0.4 is 0 Å². The standard InChI is InChI=1S/C42H34N2/c1-3-12-29(13-4-1)30-22-25-33(26-23-30)43-39-20-9-8-17-36(39)38-28-31(24-27-41(38)43)34-18-11-19-37-35-16-7-10-21-40(35)44(42(34)37)32-14-5-2-6-15-32/h1-5,7-13,16-17,19-28,32,34H,6,14-15,18H2. The van der Waals surface area contributed by atoms with Gasteiger partial charge in [-0.3, -0.25) is 0 Å². The molecule has 2 atom stereocenters. The normalized spacial score (nSPS) is 17.9. The van der Waals surface area contributed by atoms with E-state index in [9.17, 15) is 0 Å². The van der Waals surface area contributed by atoms with Gasteiger partial charge < -0.3 is 9.13 Å². The van der Waals surface area contributed by atoms with E-state index in [1.54, 1.807) is 0 Å². The van der Waals surface area contributed by atoms with Crippen LogP contribution in [0.1, 0.15) is 54.5 Å². The van der Waals surface area contributed by atoms with Crippen LogP contribution in [0, 0.1) is 0 Å². The maximum absolute atomic E-state index is 2.71. The van der Waals surface area contributed by atoms with E-state index in [0.29, 0.717) is 12.0 Å². The van der Waals surface area contributed by atoms with Crippen molar-refractivity contribution >= 4 is 38.8 Å². The number of hydrogen-bond donors (Lipinski definition) is 0. The Morgan fingerprint density at radius 2 is 1.27 bits per heavy atom. The van der Waals surface area contributed by atoms with Gasteiger partial charge in [-0.15, -0.1) is 0 Å². The number of benzene rings is 5. The van der Waals surface area contributed by atoms with Gasteiger partial charge in [0.05, 0.1) is 11.0 Å². The fraction of sp³-hybridized carbons (Fsp3) is 0.143. The highest BCUT2D eigenvalue weighted by Crippen LogP contribution is 2.45. The highest BCUT2D eigenvalue weighted by atomic mass is 15.0. The van der Waals surface area contributed by atoms with Crippen LogP contribution in [0.25, 0.3) is 55.6 Å². The molecule has 2 nitrogen and oxygen atoms in total. The fourth-order valence-corrected chi connectivity index (χ4v) is 7.89. The topological polar surface area (TPSA) is 9.86 Å². The number of nitrogens with zero attached hydrogens (tertiary/aromatic N) is 2. The first-order chi connectivity index (χ1) is 21.8. The minimum absolute atomic E-state index is 0.324. The van der Waals surface area contributed by atoms with Crippen LogP contribution in [-0.4, -0.2) is 9.13 Å². The van der Waals surface area contributed by atoms with Crippen molar-refractivity contribution in [1.29, 1.82) is 0 Å². The molecule has 44 heavy (non-hydrogen) atoms. The van der Waals surface area contributed by atoms with Crippen LogP contribution in [0.15, 0.2) is 140 Å². The van der Waals surface area contributed by atoms with Gasteiger partial charge >= 0.3 is 0 Å². The van der Waals surface area contributed by atoms with E-state index in [4.69, 9.17) is 0 Å². The van der Waals surface area contributed by atoms with E-state index in [0.717, 1.165) is 19.3 Å². The molecule has 0 amide bonds. The Morgan fingerprint density at radius 3 is 2.09 bits per heavy atom. The molecular formula is C42H34N2. The summed E-state index contributed by atoms with van der Waals surface area (Å²) in [5.41, 5.74) is 11.9. The van der Waals surface area contributed by atoms with Gasteiger partial charge in [0, 0.05) is 50.6 Å². The zero-order valence-electron chi connectivity index (χ0n) is 24.7. The smallest absolute Gasteiger partial charge is 0.0541 e. The van der Waals surface area contributed by atoms with E-state index >= 15 is 0 Å². The number of rotatable bonds is 4. The second kappa shape index (κ2) is 10.3. The summed E-state index contributed by atoms with van der Waals surface area (Å²) in [7, 11) is 0. The number of fused-ring (bicyclic) bond motifs is 6. The molecule has 0 saturated carbocycles. The zero-order chi connectivity index (χ0) is 29.0. The molecule has 2 aromatic heterocycles. The van der Waals surface area contributed by atoms with Crippen molar-refractivity contribution < 1.29 is 0 Å². The van der Waals surface area contributed by atoms with Crippen molar-refractivity contribution in [2.24, 2.45) is 0 Å². The number of hydrogen-bond acceptors (Lipinski definition) is 0. The molecule has 0 aliphatic heterocycles. The van der Waals surface area contributed by atoms with Gasteiger partial charge in [-0.25, -0.2) is 0 Å². The summed E-state index contributed by atoms with van der Waals surface area (Å²) in [5.74, 6) is 0.324. The Kier molecular flexibility index (Phi) is 5.94. The van der Waals surface area contributed by atoms with Gasteiger partial charge in [0.25, 0.3) is 0 Å². The molecule has 2 unspecified atom stereocenters. The number of allylic oxidation sites excluding steroid dienone is 3. The third-order valence-corrected chi connectivity index (χ3v) is 9.91. The predicted octanol–water partition coefficient (Wildman–Crippen LogP) is 11.2. The zero-order valence-corrected chi connectivity index (χ0v) is 24.7. The monoisotopic (exact) mass is 566 g/mol. The first-order valence-corrected chi connectivity index (χ1v) is 16.0. The molecular weight excluding hydrogens is 532 g/mol. The SMILES string of the molecule is C1=CCC(n2c3c(c4ccccc42)C=CCC3c2ccc3c(c2)c2ccccc2n3-c2ccc(-c3ccccc3)cc2)CC1. The third-order valence-electron chi connectivity index (χ3n) is 9.91. The maximum Gasteiger partial charge on any atom is 0.0541 e. The molecule has 5 aromatic carbocycles. The van der Waals surface area contributed by atoms with E-state index in [1.165, 1.54) is 72.8 Å². The maximum atomic E-state index is 2.71. The molecule has 0 bridgehead atoms. The lowest BCUT2D eigenvalue weighted by atomic mass is 9.85. The molecule has 0 fully saturated rings. The van der Waals surface area contributed by atoms with Gasteiger partial charge in [-0.2, -0.15) is 0 Å². The summed E-state index contributed by atoms with van der Waals surface area (Å²) >= 11 is 0. The Bertz CT molecular complexity index is 2220. The molecule has 212 valence electrons. The average molecular weight is 567 g/mol. The molecule has 0 radical (unpaired) electrons. The lowest BCUT2D eigenvalue weighted by Crippen LogP contribution is -2.17. The predicted molar refractivity (Wildman–Crippen MR) is 186 cm³/mol. The minimum atomic E-state index is 0.324. The first-order valence-electron chi connectivity index (χ1n) is 16.0. The van der Waals surface area contributed by atoms with Gasteiger partial charge in [0.15, 0.2) is 0 Å². The van der Waals surface area contributed by atoms with Crippen LogP contribution in [0.5, 0.6) is 0 Å². The molecule has 2 heterocycles. The van der Waals surface area contributed by atoms with Crippen LogP contribution >= 0.6 is 0 Å². The lowest BCUT2D eigenvalue weighted by molar-refractivity contribution is 0.454. The molecule has 7 aromatic rings. The van der Waals surface area contributed by atoms with E-state index in [-0.39, 0.29) is 0 Å². The van der Waals surface area contributed by atoms with Crippen molar-refractivity contribution in [1.82, 2.24) is 9.13 Å². The van der Waals surface area contributed by atoms with Crippen molar-refractivity contribution in [3.05, 3.63) is 156 Å². The van der Waals surface area contributed by atoms with Gasteiger partial charge in [-0.1, -0.05) is 109 Å². The highest BCUT2D eigenvalue weighted by molar-refractivity contribution is 6.09. The van der Waals surface area contributed by atoms with Crippen molar-refractivity contribution in [3.8, 4) is 16.8 Å². The fourth-order valence-electron chi connectivity index (χ4n) is 7.89. The molecule has 2 heteroatoms. The largest absolute Gasteiger partial charge is 0.340 e. The van der Waals surface area contributed by atoms with E-state index < -0.39 is 0 Å². The Labute approximate surface area is 258 Å². The van der Waals surface area contributed by atoms with Crippen molar-refractivity contribution in [2.45, 2.75) is 37.6 Å². The summed E-state index contributed by atoms with van der Waals surface area (Å²) in [6.45, 7) is 0. The van der Waals surface area contributed by atoms with Crippen LogP contribution in [0.3, 0.4) is 0 Å². The lowest BCUT2D eigenvalue weighted by Gasteiger charge is -2.29. The number of aromatic nitrogens is 2.